The third-order valence-corrected chi connectivity index (χ3v) is 4.38. The lowest BCUT2D eigenvalue weighted by Crippen LogP contribution is -2.42. The number of guanidine groups is 1. The molecule has 0 spiro atoms. The molecule has 0 aromatic heterocycles. The zero-order valence-electron chi connectivity index (χ0n) is 13.6. The van der Waals surface area contributed by atoms with E-state index in [2.05, 4.69) is 31.0 Å². The molecule has 2 heterocycles. The summed E-state index contributed by atoms with van der Waals surface area (Å²) >= 11 is 0. The molecule has 2 aliphatic rings. The van der Waals surface area contributed by atoms with Crippen LogP contribution in [0.4, 0.5) is 0 Å². The molecule has 0 saturated carbocycles. The highest BCUT2D eigenvalue weighted by molar-refractivity contribution is 14.0. The topological polar surface area (TPSA) is 46.1 Å². The quantitative estimate of drug-likeness (QED) is 0.437. The van der Waals surface area contributed by atoms with Crippen molar-refractivity contribution in [2.24, 2.45) is 10.4 Å². The fraction of sp³-hybridized carbons (Fsp3) is 0.933. The van der Waals surface area contributed by atoms with Gasteiger partial charge in [0, 0.05) is 19.6 Å². The molecule has 0 bridgehead atoms. The van der Waals surface area contributed by atoms with Crippen LogP contribution in [0.3, 0.4) is 0 Å². The van der Waals surface area contributed by atoms with Gasteiger partial charge < -0.3 is 19.7 Å². The molecule has 2 aliphatic heterocycles. The Labute approximate surface area is 145 Å². The molecule has 2 saturated heterocycles. The van der Waals surface area contributed by atoms with Crippen molar-refractivity contribution in [1.82, 2.24) is 10.2 Å². The van der Waals surface area contributed by atoms with E-state index in [4.69, 9.17) is 14.5 Å². The van der Waals surface area contributed by atoms with Gasteiger partial charge in [0.05, 0.1) is 26.4 Å². The summed E-state index contributed by atoms with van der Waals surface area (Å²) in [6.07, 6.45) is 2.58. The van der Waals surface area contributed by atoms with Gasteiger partial charge in [0.1, 0.15) is 6.10 Å². The van der Waals surface area contributed by atoms with Gasteiger partial charge in [0.15, 0.2) is 5.96 Å². The van der Waals surface area contributed by atoms with Gasteiger partial charge >= 0.3 is 0 Å². The van der Waals surface area contributed by atoms with Crippen molar-refractivity contribution in [2.45, 2.75) is 39.7 Å². The highest BCUT2D eigenvalue weighted by Gasteiger charge is 2.33. The van der Waals surface area contributed by atoms with Crippen LogP contribution in [0.1, 0.15) is 33.6 Å². The minimum absolute atomic E-state index is 0. The first kappa shape index (κ1) is 19.0. The predicted octanol–water partition coefficient (Wildman–Crippen LogP) is 2.11. The third-order valence-electron chi connectivity index (χ3n) is 4.38. The minimum Gasteiger partial charge on any atom is -0.376 e. The lowest BCUT2D eigenvalue weighted by Gasteiger charge is -2.26. The summed E-state index contributed by atoms with van der Waals surface area (Å²) in [7, 11) is 0. The molecular formula is C15H30IN3O2. The average Bonchev–Trinajstić information content (AvgIpc) is 2.88. The number of likely N-dealkylation sites (tertiary alicyclic amines) is 1. The lowest BCUT2D eigenvalue weighted by molar-refractivity contribution is -0.0833. The van der Waals surface area contributed by atoms with Gasteiger partial charge in [0.25, 0.3) is 0 Å². The highest BCUT2D eigenvalue weighted by atomic mass is 127. The third kappa shape index (κ3) is 5.56. The summed E-state index contributed by atoms with van der Waals surface area (Å²) in [5.74, 6) is 1.03. The van der Waals surface area contributed by atoms with Crippen molar-refractivity contribution in [2.75, 3.05) is 46.0 Å². The van der Waals surface area contributed by atoms with E-state index in [1.54, 1.807) is 0 Å². The van der Waals surface area contributed by atoms with Crippen LogP contribution in [-0.4, -0.2) is 63.0 Å². The van der Waals surface area contributed by atoms with Gasteiger partial charge in [-0.15, -0.1) is 24.0 Å². The Balaban J connectivity index is 0.00000220. The fourth-order valence-corrected chi connectivity index (χ4v) is 2.75. The molecule has 1 N–H and O–H groups in total. The molecule has 0 aromatic rings. The summed E-state index contributed by atoms with van der Waals surface area (Å²) in [6.45, 7) is 12.6. The number of nitrogens with one attached hydrogen (secondary N) is 1. The molecule has 2 fully saturated rings. The Morgan fingerprint density at radius 1 is 1.38 bits per heavy atom. The van der Waals surface area contributed by atoms with E-state index in [1.165, 1.54) is 12.8 Å². The maximum atomic E-state index is 5.65. The number of halogens is 1. The lowest BCUT2D eigenvalue weighted by atomic mass is 9.87. The number of hydrogen-bond donors (Lipinski definition) is 1. The second-order valence-corrected chi connectivity index (χ2v) is 6.10. The van der Waals surface area contributed by atoms with Gasteiger partial charge in [-0.2, -0.15) is 0 Å². The largest absolute Gasteiger partial charge is 0.376 e. The number of hydrogen-bond acceptors (Lipinski definition) is 3. The average molecular weight is 411 g/mol. The van der Waals surface area contributed by atoms with Crippen molar-refractivity contribution >= 4 is 29.9 Å². The SMILES string of the molecule is CCNC(=NCC1COCCO1)N1CCC(C)(CC)C1.I. The van der Waals surface area contributed by atoms with Gasteiger partial charge in [-0.3, -0.25) is 4.99 Å². The first-order valence-corrected chi connectivity index (χ1v) is 7.89. The molecule has 6 heteroatoms. The minimum atomic E-state index is 0. The molecule has 21 heavy (non-hydrogen) atoms. The summed E-state index contributed by atoms with van der Waals surface area (Å²) in [4.78, 5) is 7.13. The first-order chi connectivity index (χ1) is 9.67. The van der Waals surface area contributed by atoms with Gasteiger partial charge in [-0.1, -0.05) is 13.8 Å². The van der Waals surface area contributed by atoms with Crippen molar-refractivity contribution in [1.29, 1.82) is 0 Å². The van der Waals surface area contributed by atoms with E-state index in [0.29, 0.717) is 31.8 Å². The van der Waals surface area contributed by atoms with Crippen LogP contribution in [0.5, 0.6) is 0 Å². The first-order valence-electron chi connectivity index (χ1n) is 7.89. The van der Waals surface area contributed by atoms with Gasteiger partial charge in [-0.05, 0) is 25.2 Å². The van der Waals surface area contributed by atoms with Crippen LogP contribution < -0.4 is 5.32 Å². The van der Waals surface area contributed by atoms with Crippen LogP contribution in [0.15, 0.2) is 4.99 Å². The summed E-state index contributed by atoms with van der Waals surface area (Å²) in [5, 5.41) is 3.41. The van der Waals surface area contributed by atoms with E-state index < -0.39 is 0 Å². The van der Waals surface area contributed by atoms with Crippen molar-refractivity contribution < 1.29 is 9.47 Å². The van der Waals surface area contributed by atoms with Crippen LogP contribution in [0.2, 0.25) is 0 Å². The Hall–Kier alpha value is -0.0800. The summed E-state index contributed by atoms with van der Waals surface area (Å²) < 4.78 is 11.1. The van der Waals surface area contributed by atoms with E-state index in [0.717, 1.165) is 25.6 Å². The molecule has 5 nitrogen and oxygen atoms in total. The monoisotopic (exact) mass is 411 g/mol. The normalized spacial score (nSPS) is 30.1. The van der Waals surface area contributed by atoms with Crippen LogP contribution >= 0.6 is 24.0 Å². The Kier molecular flexibility index (Phi) is 8.26. The van der Waals surface area contributed by atoms with Crippen molar-refractivity contribution in [3.8, 4) is 0 Å². The maximum absolute atomic E-state index is 5.65. The molecule has 2 atom stereocenters. The molecule has 124 valence electrons. The van der Waals surface area contributed by atoms with E-state index in [1.807, 2.05) is 0 Å². The van der Waals surface area contributed by atoms with E-state index >= 15 is 0 Å². The zero-order valence-corrected chi connectivity index (χ0v) is 15.9. The van der Waals surface area contributed by atoms with Crippen LogP contribution in [0, 0.1) is 5.41 Å². The summed E-state index contributed by atoms with van der Waals surface area (Å²) in [5.41, 5.74) is 0.431. The molecule has 0 amide bonds. The smallest absolute Gasteiger partial charge is 0.194 e. The number of aliphatic imine (C=N–C) groups is 1. The Morgan fingerprint density at radius 2 is 2.19 bits per heavy atom. The predicted molar refractivity (Wildman–Crippen MR) is 96.5 cm³/mol. The van der Waals surface area contributed by atoms with Crippen molar-refractivity contribution in [3.63, 3.8) is 0 Å². The Bertz CT molecular complexity index is 335. The molecule has 0 aromatic carbocycles. The van der Waals surface area contributed by atoms with E-state index in [-0.39, 0.29) is 30.1 Å². The van der Waals surface area contributed by atoms with Gasteiger partial charge in [-0.25, -0.2) is 0 Å². The van der Waals surface area contributed by atoms with Gasteiger partial charge in [0.2, 0.25) is 0 Å². The van der Waals surface area contributed by atoms with E-state index in [9.17, 15) is 0 Å². The summed E-state index contributed by atoms with van der Waals surface area (Å²) in [6, 6.07) is 0. The molecule has 2 rings (SSSR count). The second kappa shape index (κ2) is 9.15. The van der Waals surface area contributed by atoms with Crippen molar-refractivity contribution in [3.05, 3.63) is 0 Å². The van der Waals surface area contributed by atoms with Crippen LogP contribution in [-0.2, 0) is 9.47 Å². The molecule has 2 unspecified atom stereocenters. The second-order valence-electron chi connectivity index (χ2n) is 6.10. The zero-order chi connectivity index (χ0) is 14.4. The maximum Gasteiger partial charge on any atom is 0.194 e. The van der Waals surface area contributed by atoms with Crippen LogP contribution in [0.25, 0.3) is 0 Å². The Morgan fingerprint density at radius 3 is 2.76 bits per heavy atom. The number of nitrogens with zero attached hydrogens (tertiary/aromatic N) is 2. The fourth-order valence-electron chi connectivity index (χ4n) is 2.75. The molecule has 0 aliphatic carbocycles. The molecule has 0 radical (unpaired) electrons. The number of ether oxygens (including phenoxy) is 2. The number of rotatable bonds is 4. The molecular weight excluding hydrogens is 381 g/mol. The standard InChI is InChI=1S/C15H29N3O2.HI/c1-4-15(3)6-7-18(12-15)14(16-5-2)17-10-13-11-19-8-9-20-13;/h13H,4-12H2,1-3H3,(H,16,17);1H. The highest BCUT2D eigenvalue weighted by Crippen LogP contribution is 2.32.